The largest absolute Gasteiger partial charge is 0.300 e. The zero-order chi connectivity index (χ0) is 7.98. The van der Waals surface area contributed by atoms with Gasteiger partial charge in [-0.15, -0.1) is 0 Å². The monoisotopic (exact) mass is 140 g/mol. The summed E-state index contributed by atoms with van der Waals surface area (Å²) in [5, 5.41) is 0. The highest BCUT2D eigenvalue weighted by molar-refractivity contribution is 5.75. The second kappa shape index (κ2) is 5.21. The first-order valence-corrected chi connectivity index (χ1v) is 3.79. The molecular weight excluding hydrogens is 124 g/mol. The van der Waals surface area contributed by atoms with Gasteiger partial charge >= 0.3 is 0 Å². The Hall–Kier alpha value is -0.590. The lowest BCUT2D eigenvalue weighted by Gasteiger charge is -2.01. The molecule has 0 aromatic heterocycles. The highest BCUT2D eigenvalue weighted by Crippen LogP contribution is 2.06. The van der Waals surface area contributed by atoms with Crippen LogP contribution in [0.3, 0.4) is 0 Å². The molecule has 0 N–H and O–H groups in total. The van der Waals surface area contributed by atoms with Crippen molar-refractivity contribution >= 4 is 5.78 Å². The van der Waals surface area contributed by atoms with Crippen LogP contribution in [-0.4, -0.2) is 5.78 Å². The molecule has 58 valence electrons. The third-order valence-electron chi connectivity index (χ3n) is 1.47. The lowest BCUT2D eigenvalue weighted by atomic mass is 10.0. The molecule has 0 aromatic carbocycles. The van der Waals surface area contributed by atoms with Gasteiger partial charge in [0.1, 0.15) is 5.78 Å². The lowest BCUT2D eigenvalue weighted by Crippen LogP contribution is -1.95. The van der Waals surface area contributed by atoms with E-state index in [2.05, 4.69) is 13.0 Å². The molecule has 0 rings (SSSR count). The van der Waals surface area contributed by atoms with E-state index in [1.807, 2.05) is 13.0 Å². The third kappa shape index (κ3) is 5.54. The first-order valence-electron chi connectivity index (χ1n) is 3.79. The fourth-order valence-corrected chi connectivity index (χ4v) is 0.856. The zero-order valence-electron chi connectivity index (χ0n) is 7.05. The third-order valence-corrected chi connectivity index (χ3v) is 1.47. The summed E-state index contributed by atoms with van der Waals surface area (Å²) < 4.78 is 0. The average molecular weight is 140 g/mol. The molecule has 1 unspecified atom stereocenters. The summed E-state index contributed by atoms with van der Waals surface area (Å²) in [6, 6.07) is 0. The quantitative estimate of drug-likeness (QED) is 0.548. The van der Waals surface area contributed by atoms with Crippen molar-refractivity contribution in [3.63, 3.8) is 0 Å². The zero-order valence-corrected chi connectivity index (χ0v) is 7.05. The van der Waals surface area contributed by atoms with Gasteiger partial charge in [-0.1, -0.05) is 19.1 Å². The van der Waals surface area contributed by atoms with Crippen LogP contribution < -0.4 is 0 Å². The predicted molar refractivity (Wildman–Crippen MR) is 43.9 cm³/mol. The average Bonchev–Trinajstić information content (AvgIpc) is 1.85. The standard InChI is InChI=1S/C9H16O/c1-4-5-8(2)6-7-9(3)10/h4-5,8H,6-7H2,1-3H3/b5-4-. The SMILES string of the molecule is C/C=C\C(C)CCC(C)=O. The van der Waals surface area contributed by atoms with Crippen LogP contribution in [-0.2, 0) is 4.79 Å². The van der Waals surface area contributed by atoms with Crippen LogP contribution in [0.25, 0.3) is 0 Å². The number of Topliss-reactive ketones (excluding diaryl/α,β-unsaturated/α-hetero) is 1. The van der Waals surface area contributed by atoms with Gasteiger partial charge in [0.2, 0.25) is 0 Å². The van der Waals surface area contributed by atoms with Crippen molar-refractivity contribution < 1.29 is 4.79 Å². The van der Waals surface area contributed by atoms with Crippen molar-refractivity contribution in [2.24, 2.45) is 5.92 Å². The number of hydrogen-bond acceptors (Lipinski definition) is 1. The molecule has 0 bridgehead atoms. The molecule has 0 fully saturated rings. The summed E-state index contributed by atoms with van der Waals surface area (Å²) in [6.07, 6.45) is 5.86. The number of hydrogen-bond donors (Lipinski definition) is 0. The molecule has 1 atom stereocenters. The van der Waals surface area contributed by atoms with Gasteiger partial charge in [0, 0.05) is 6.42 Å². The molecule has 0 aliphatic heterocycles. The fraction of sp³-hybridized carbons (Fsp3) is 0.667. The van der Waals surface area contributed by atoms with Gasteiger partial charge in [0.15, 0.2) is 0 Å². The van der Waals surface area contributed by atoms with E-state index in [0.717, 1.165) is 6.42 Å². The predicted octanol–water partition coefficient (Wildman–Crippen LogP) is 2.57. The van der Waals surface area contributed by atoms with Crippen molar-refractivity contribution in [3.05, 3.63) is 12.2 Å². The molecule has 1 nitrogen and oxygen atoms in total. The van der Waals surface area contributed by atoms with Crippen molar-refractivity contribution in [1.29, 1.82) is 0 Å². The number of carbonyl (C=O) groups excluding carboxylic acids is 1. The van der Waals surface area contributed by atoms with Gasteiger partial charge in [-0.05, 0) is 26.2 Å². The summed E-state index contributed by atoms with van der Waals surface area (Å²) in [5.41, 5.74) is 0. The van der Waals surface area contributed by atoms with E-state index in [1.54, 1.807) is 6.92 Å². The Labute approximate surface area is 63.1 Å². The molecule has 0 aliphatic carbocycles. The maximum Gasteiger partial charge on any atom is 0.129 e. The van der Waals surface area contributed by atoms with Gasteiger partial charge in [-0.3, -0.25) is 0 Å². The van der Waals surface area contributed by atoms with E-state index in [9.17, 15) is 4.79 Å². The highest BCUT2D eigenvalue weighted by atomic mass is 16.1. The van der Waals surface area contributed by atoms with Crippen LogP contribution in [0.1, 0.15) is 33.6 Å². The summed E-state index contributed by atoms with van der Waals surface area (Å²) in [7, 11) is 0. The second-order valence-corrected chi connectivity index (χ2v) is 2.74. The Morgan fingerprint density at radius 1 is 1.60 bits per heavy atom. The summed E-state index contributed by atoms with van der Waals surface area (Å²) in [5.74, 6) is 0.838. The first-order chi connectivity index (χ1) is 4.66. The van der Waals surface area contributed by atoms with E-state index >= 15 is 0 Å². The smallest absolute Gasteiger partial charge is 0.129 e. The molecule has 0 saturated heterocycles. The summed E-state index contributed by atoms with van der Waals surface area (Å²) in [6.45, 7) is 5.77. The van der Waals surface area contributed by atoms with Crippen LogP contribution >= 0.6 is 0 Å². The van der Waals surface area contributed by atoms with Crippen molar-refractivity contribution in [3.8, 4) is 0 Å². The Morgan fingerprint density at radius 2 is 2.20 bits per heavy atom. The molecule has 0 aromatic rings. The lowest BCUT2D eigenvalue weighted by molar-refractivity contribution is -0.117. The number of ketones is 1. The minimum atomic E-state index is 0.288. The van der Waals surface area contributed by atoms with E-state index in [-0.39, 0.29) is 5.78 Å². The Kier molecular flexibility index (Phi) is 4.91. The van der Waals surface area contributed by atoms with Crippen molar-refractivity contribution in [2.45, 2.75) is 33.6 Å². The number of carbonyl (C=O) groups is 1. The fourth-order valence-electron chi connectivity index (χ4n) is 0.856. The normalized spacial score (nSPS) is 13.9. The van der Waals surface area contributed by atoms with Crippen molar-refractivity contribution in [2.75, 3.05) is 0 Å². The van der Waals surface area contributed by atoms with Gasteiger partial charge in [0.05, 0.1) is 0 Å². The van der Waals surface area contributed by atoms with Gasteiger partial charge < -0.3 is 4.79 Å². The molecule has 0 spiro atoms. The molecule has 0 radical (unpaired) electrons. The Bertz CT molecular complexity index is 125. The summed E-state index contributed by atoms with van der Waals surface area (Å²) in [4.78, 5) is 10.5. The second-order valence-electron chi connectivity index (χ2n) is 2.74. The molecule has 1 heteroatoms. The Balaban J connectivity index is 3.39. The molecule has 0 saturated carbocycles. The van der Waals surface area contributed by atoms with E-state index in [1.165, 1.54) is 0 Å². The minimum Gasteiger partial charge on any atom is -0.300 e. The van der Waals surface area contributed by atoms with E-state index in [4.69, 9.17) is 0 Å². The molecule has 0 amide bonds. The topological polar surface area (TPSA) is 17.1 Å². The maximum absolute atomic E-state index is 10.5. The van der Waals surface area contributed by atoms with Crippen LogP contribution in [0.15, 0.2) is 12.2 Å². The van der Waals surface area contributed by atoms with Crippen LogP contribution in [0, 0.1) is 5.92 Å². The van der Waals surface area contributed by atoms with Gasteiger partial charge in [-0.2, -0.15) is 0 Å². The van der Waals surface area contributed by atoms with Gasteiger partial charge in [0.25, 0.3) is 0 Å². The maximum atomic E-state index is 10.5. The van der Waals surface area contributed by atoms with E-state index in [0.29, 0.717) is 12.3 Å². The Morgan fingerprint density at radius 3 is 2.60 bits per heavy atom. The molecular formula is C9H16O. The minimum absolute atomic E-state index is 0.288. The van der Waals surface area contributed by atoms with Crippen molar-refractivity contribution in [1.82, 2.24) is 0 Å². The van der Waals surface area contributed by atoms with Crippen LogP contribution in [0.4, 0.5) is 0 Å². The molecule has 0 aliphatic rings. The molecule has 10 heavy (non-hydrogen) atoms. The van der Waals surface area contributed by atoms with Crippen LogP contribution in [0.5, 0.6) is 0 Å². The number of rotatable bonds is 4. The van der Waals surface area contributed by atoms with Gasteiger partial charge in [-0.25, -0.2) is 0 Å². The van der Waals surface area contributed by atoms with E-state index < -0.39 is 0 Å². The highest BCUT2D eigenvalue weighted by Gasteiger charge is 1.98. The van der Waals surface area contributed by atoms with Crippen LogP contribution in [0.2, 0.25) is 0 Å². The first kappa shape index (κ1) is 9.41. The summed E-state index contributed by atoms with van der Waals surface area (Å²) >= 11 is 0. The number of allylic oxidation sites excluding steroid dienone is 2. The molecule has 0 heterocycles.